The van der Waals surface area contributed by atoms with Crippen LogP contribution in [-0.4, -0.2) is 5.97 Å². The van der Waals surface area contributed by atoms with E-state index in [0.717, 1.165) is 10.9 Å². The molecule has 0 bridgehead atoms. The lowest BCUT2D eigenvalue weighted by atomic mass is 10.1. The first kappa shape index (κ1) is 14.0. The molecular formula is C14H13IO4. The van der Waals surface area contributed by atoms with Crippen molar-refractivity contribution in [1.29, 1.82) is 0 Å². The van der Waals surface area contributed by atoms with Gasteiger partial charge < -0.3 is 9.15 Å². The molecule has 0 saturated heterocycles. The molecule has 0 amide bonds. The van der Waals surface area contributed by atoms with Crippen LogP contribution >= 0.6 is 22.6 Å². The minimum atomic E-state index is -0.359. The summed E-state index contributed by atoms with van der Waals surface area (Å²) in [5.41, 5.74) is 1.59. The van der Waals surface area contributed by atoms with Crippen molar-refractivity contribution in [3.05, 3.63) is 37.2 Å². The maximum atomic E-state index is 11.7. The second kappa shape index (κ2) is 5.32. The Hall–Kier alpha value is -1.37. The summed E-state index contributed by atoms with van der Waals surface area (Å²) in [4.78, 5) is 23.1. The van der Waals surface area contributed by atoms with Crippen molar-refractivity contribution in [1.82, 2.24) is 0 Å². The standard InChI is InChI=1S/C14H13IO4/c1-4-11(16)18-10-6-5-9-7(2)8(3)14(17)19-13(9)12(10)15/h5-6H,4H2,1-3H3. The highest BCUT2D eigenvalue weighted by Gasteiger charge is 2.15. The monoisotopic (exact) mass is 372 g/mol. The predicted molar refractivity (Wildman–Crippen MR) is 80.6 cm³/mol. The Morgan fingerprint density at radius 3 is 2.63 bits per heavy atom. The summed E-state index contributed by atoms with van der Waals surface area (Å²) in [6, 6.07) is 3.53. The van der Waals surface area contributed by atoms with Crippen LogP contribution in [0.5, 0.6) is 5.75 Å². The molecule has 0 atom stereocenters. The average Bonchev–Trinajstić information content (AvgIpc) is 2.40. The summed E-state index contributed by atoms with van der Waals surface area (Å²) < 4.78 is 11.1. The van der Waals surface area contributed by atoms with Crippen molar-refractivity contribution < 1.29 is 13.9 Å². The highest BCUT2D eigenvalue weighted by Crippen LogP contribution is 2.31. The van der Waals surface area contributed by atoms with Gasteiger partial charge in [-0.15, -0.1) is 0 Å². The second-order valence-electron chi connectivity index (χ2n) is 4.22. The van der Waals surface area contributed by atoms with Gasteiger partial charge in [-0.1, -0.05) is 6.92 Å². The SMILES string of the molecule is CCC(=O)Oc1ccc2c(C)c(C)c(=O)oc2c1I. The summed E-state index contributed by atoms with van der Waals surface area (Å²) in [7, 11) is 0. The van der Waals surface area contributed by atoms with Crippen LogP contribution in [-0.2, 0) is 4.79 Å². The molecule has 0 fully saturated rings. The first-order valence-electron chi connectivity index (χ1n) is 5.89. The fraction of sp³-hybridized carbons (Fsp3) is 0.286. The molecule has 1 aromatic carbocycles. The lowest BCUT2D eigenvalue weighted by Crippen LogP contribution is -2.09. The van der Waals surface area contributed by atoms with Gasteiger partial charge in [0.15, 0.2) is 5.58 Å². The van der Waals surface area contributed by atoms with Crippen molar-refractivity contribution in [3.63, 3.8) is 0 Å². The molecule has 1 aromatic heterocycles. The van der Waals surface area contributed by atoms with Gasteiger partial charge in [-0.25, -0.2) is 4.79 Å². The summed E-state index contributed by atoms with van der Waals surface area (Å²) in [6.07, 6.45) is 0.297. The van der Waals surface area contributed by atoms with Crippen LogP contribution < -0.4 is 10.4 Å². The van der Waals surface area contributed by atoms with Gasteiger partial charge in [-0.3, -0.25) is 4.79 Å². The molecule has 19 heavy (non-hydrogen) atoms. The molecule has 0 unspecified atom stereocenters. The van der Waals surface area contributed by atoms with Crippen LogP contribution in [0.3, 0.4) is 0 Å². The van der Waals surface area contributed by atoms with Gasteiger partial charge in [0.2, 0.25) is 0 Å². The number of carbonyl (C=O) groups is 1. The fourth-order valence-electron chi connectivity index (χ4n) is 1.73. The molecule has 0 saturated carbocycles. The molecule has 4 nitrogen and oxygen atoms in total. The minimum absolute atomic E-state index is 0.297. The summed E-state index contributed by atoms with van der Waals surface area (Å²) >= 11 is 2.02. The van der Waals surface area contributed by atoms with Gasteiger partial charge in [-0.2, -0.15) is 0 Å². The van der Waals surface area contributed by atoms with Gasteiger partial charge in [0.25, 0.3) is 0 Å². The number of rotatable bonds is 2. The predicted octanol–water partition coefficient (Wildman–Crippen LogP) is 3.33. The van der Waals surface area contributed by atoms with E-state index < -0.39 is 0 Å². The van der Waals surface area contributed by atoms with E-state index in [-0.39, 0.29) is 11.6 Å². The normalized spacial score (nSPS) is 10.7. The van der Waals surface area contributed by atoms with Crippen LogP contribution in [0.15, 0.2) is 21.3 Å². The Bertz CT molecular complexity index is 715. The number of benzene rings is 1. The number of fused-ring (bicyclic) bond motifs is 1. The summed E-state index contributed by atoms with van der Waals surface area (Å²) in [6.45, 7) is 5.34. The van der Waals surface area contributed by atoms with Crippen LogP contribution in [0.4, 0.5) is 0 Å². The number of carbonyl (C=O) groups excluding carboxylic acids is 1. The lowest BCUT2D eigenvalue weighted by Gasteiger charge is -2.09. The highest BCUT2D eigenvalue weighted by molar-refractivity contribution is 14.1. The Morgan fingerprint density at radius 1 is 1.32 bits per heavy atom. The molecule has 0 spiro atoms. The lowest BCUT2D eigenvalue weighted by molar-refractivity contribution is -0.134. The second-order valence-corrected chi connectivity index (χ2v) is 5.30. The summed E-state index contributed by atoms with van der Waals surface area (Å²) in [5.74, 6) is 0.106. The molecule has 100 valence electrons. The largest absolute Gasteiger partial charge is 0.425 e. The smallest absolute Gasteiger partial charge is 0.339 e. The van der Waals surface area contributed by atoms with E-state index in [1.807, 2.05) is 29.5 Å². The van der Waals surface area contributed by atoms with E-state index in [0.29, 0.717) is 26.9 Å². The number of esters is 1. The van der Waals surface area contributed by atoms with Gasteiger partial charge in [0.1, 0.15) is 5.75 Å². The van der Waals surface area contributed by atoms with E-state index in [9.17, 15) is 9.59 Å². The number of hydrogen-bond donors (Lipinski definition) is 0. The maximum Gasteiger partial charge on any atom is 0.339 e. The molecule has 0 radical (unpaired) electrons. The van der Waals surface area contributed by atoms with E-state index in [2.05, 4.69) is 0 Å². The van der Waals surface area contributed by atoms with E-state index in [1.54, 1.807) is 26.0 Å². The van der Waals surface area contributed by atoms with Crippen LogP contribution in [0.1, 0.15) is 24.5 Å². The molecule has 2 rings (SSSR count). The molecule has 0 aliphatic heterocycles. The number of hydrogen-bond acceptors (Lipinski definition) is 4. The number of ether oxygens (including phenoxy) is 1. The third-order valence-corrected chi connectivity index (χ3v) is 4.06. The van der Waals surface area contributed by atoms with E-state index >= 15 is 0 Å². The number of aryl methyl sites for hydroxylation is 1. The Kier molecular flexibility index (Phi) is 3.93. The van der Waals surface area contributed by atoms with Crippen LogP contribution in [0.2, 0.25) is 0 Å². The molecule has 0 aliphatic carbocycles. The quantitative estimate of drug-likeness (QED) is 0.351. The zero-order valence-corrected chi connectivity index (χ0v) is 13.0. The maximum absolute atomic E-state index is 11.7. The van der Waals surface area contributed by atoms with Gasteiger partial charge in [-0.05, 0) is 54.1 Å². The minimum Gasteiger partial charge on any atom is -0.425 e. The first-order chi connectivity index (χ1) is 8.95. The highest BCUT2D eigenvalue weighted by atomic mass is 127. The zero-order valence-electron chi connectivity index (χ0n) is 10.9. The summed E-state index contributed by atoms with van der Waals surface area (Å²) in [5, 5.41) is 0.859. The molecule has 0 N–H and O–H groups in total. The van der Waals surface area contributed by atoms with Gasteiger partial charge in [0.05, 0.1) is 3.57 Å². The average molecular weight is 372 g/mol. The van der Waals surface area contributed by atoms with Gasteiger partial charge in [0, 0.05) is 17.4 Å². The Morgan fingerprint density at radius 2 is 2.00 bits per heavy atom. The third-order valence-electron chi connectivity index (χ3n) is 3.04. The van der Waals surface area contributed by atoms with Crippen molar-refractivity contribution in [3.8, 4) is 5.75 Å². The van der Waals surface area contributed by atoms with Gasteiger partial charge >= 0.3 is 11.6 Å². The zero-order chi connectivity index (χ0) is 14.2. The molecule has 5 heteroatoms. The topological polar surface area (TPSA) is 56.5 Å². The van der Waals surface area contributed by atoms with Crippen LogP contribution in [0, 0.1) is 17.4 Å². The first-order valence-corrected chi connectivity index (χ1v) is 6.96. The van der Waals surface area contributed by atoms with Crippen molar-refractivity contribution in [2.45, 2.75) is 27.2 Å². The molecule has 1 heterocycles. The molecular weight excluding hydrogens is 359 g/mol. The van der Waals surface area contributed by atoms with Crippen LogP contribution in [0.25, 0.3) is 11.0 Å². The Balaban J connectivity index is 2.69. The third kappa shape index (κ3) is 2.51. The van der Waals surface area contributed by atoms with E-state index in [1.165, 1.54) is 0 Å². The fourth-order valence-corrected chi connectivity index (χ4v) is 2.42. The Labute approximate surface area is 123 Å². The number of halogens is 1. The van der Waals surface area contributed by atoms with Crippen molar-refractivity contribution in [2.24, 2.45) is 0 Å². The van der Waals surface area contributed by atoms with E-state index in [4.69, 9.17) is 9.15 Å². The van der Waals surface area contributed by atoms with Crippen molar-refractivity contribution in [2.75, 3.05) is 0 Å². The molecule has 2 aromatic rings. The van der Waals surface area contributed by atoms with Crippen molar-refractivity contribution >= 4 is 39.5 Å². The molecule has 0 aliphatic rings.